The average Bonchev–Trinajstić information content (AvgIpc) is 2.44. The van der Waals surface area contributed by atoms with Crippen LogP contribution in [-0.4, -0.2) is 32.6 Å². The zero-order chi connectivity index (χ0) is 15.0. The Kier molecular flexibility index (Phi) is 5.68. The fourth-order valence-electron chi connectivity index (χ4n) is 1.19. The van der Waals surface area contributed by atoms with Crippen LogP contribution >= 0.6 is 0 Å². The van der Waals surface area contributed by atoms with Gasteiger partial charge in [0.1, 0.15) is 6.07 Å². The second kappa shape index (κ2) is 7.25. The van der Waals surface area contributed by atoms with Crippen LogP contribution in [0.3, 0.4) is 0 Å². The van der Waals surface area contributed by atoms with E-state index in [0.29, 0.717) is 0 Å². The lowest BCUT2D eigenvalue weighted by atomic mass is 10.4. The molecular weight excluding hydrogens is 284 g/mol. The first-order valence-corrected chi connectivity index (χ1v) is 7.06. The Morgan fingerprint density at radius 2 is 2.00 bits per heavy atom. The summed E-state index contributed by atoms with van der Waals surface area (Å²) in [4.78, 5) is 15.4. The van der Waals surface area contributed by atoms with Gasteiger partial charge < -0.3 is 9.57 Å². The Hall–Kier alpha value is -2.40. The molecule has 1 rings (SSSR count). The van der Waals surface area contributed by atoms with Crippen molar-refractivity contribution < 1.29 is 22.8 Å². The van der Waals surface area contributed by atoms with Crippen molar-refractivity contribution >= 4 is 20.9 Å². The van der Waals surface area contributed by atoms with Crippen LogP contribution in [0.5, 0.6) is 0 Å². The topological polar surface area (TPSA) is 106 Å². The van der Waals surface area contributed by atoms with Crippen LogP contribution in [0.15, 0.2) is 40.4 Å². The molecule has 8 heteroatoms. The van der Waals surface area contributed by atoms with E-state index < -0.39 is 27.5 Å². The molecule has 0 unspecified atom stereocenters. The molecule has 0 bridgehead atoms. The first kappa shape index (κ1) is 15.7. The summed E-state index contributed by atoms with van der Waals surface area (Å²) in [5.41, 5.74) is 0. The normalized spacial score (nSPS) is 11.5. The predicted molar refractivity (Wildman–Crippen MR) is 69.3 cm³/mol. The molecule has 0 aromatic heterocycles. The summed E-state index contributed by atoms with van der Waals surface area (Å²) in [6.45, 7) is 1.21. The number of sulfone groups is 1. The molecule has 0 aliphatic rings. The number of ether oxygens (including phenoxy) is 1. The number of rotatable bonds is 5. The third kappa shape index (κ3) is 4.07. The van der Waals surface area contributed by atoms with Gasteiger partial charge in [0.2, 0.25) is 16.4 Å². The summed E-state index contributed by atoms with van der Waals surface area (Å²) in [5, 5.41) is 11.2. The lowest BCUT2D eigenvalue weighted by Crippen LogP contribution is -2.16. The molecule has 0 aliphatic carbocycles. The molecule has 0 amide bonds. The highest BCUT2D eigenvalue weighted by Crippen LogP contribution is 2.11. The molecule has 0 N–H and O–H groups in total. The van der Waals surface area contributed by atoms with Crippen molar-refractivity contribution in [1.29, 1.82) is 5.26 Å². The molecule has 7 nitrogen and oxygen atoms in total. The largest absolute Gasteiger partial charge is 0.463 e. The highest BCUT2D eigenvalue weighted by molar-refractivity contribution is 8.07. The summed E-state index contributed by atoms with van der Waals surface area (Å²) < 4.78 is 28.6. The zero-order valence-electron chi connectivity index (χ0n) is 10.6. The Morgan fingerprint density at radius 1 is 1.35 bits per heavy atom. The van der Waals surface area contributed by atoms with Crippen molar-refractivity contribution in [3.63, 3.8) is 0 Å². The van der Waals surface area contributed by atoms with Crippen molar-refractivity contribution in [2.45, 2.75) is 11.8 Å². The molecular formula is C12H12N2O5S. The molecule has 106 valence electrons. The third-order valence-corrected chi connectivity index (χ3v) is 3.61. The van der Waals surface area contributed by atoms with Gasteiger partial charge in [-0.25, -0.2) is 13.2 Å². The molecule has 0 saturated heterocycles. The number of carbonyl (C=O) groups excluding carboxylic acids is 1. The predicted octanol–water partition coefficient (Wildman–Crippen LogP) is 0.877. The lowest BCUT2D eigenvalue weighted by molar-refractivity contribution is -0.148. The SMILES string of the molecule is CCOC(=O)CON=C(C#N)S(=O)(=O)c1ccccc1. The van der Waals surface area contributed by atoms with Crippen molar-refractivity contribution in [1.82, 2.24) is 0 Å². The number of hydrogen-bond donors (Lipinski definition) is 0. The van der Waals surface area contributed by atoms with Crippen LogP contribution in [0.1, 0.15) is 6.92 Å². The van der Waals surface area contributed by atoms with Gasteiger partial charge in [0.25, 0.3) is 5.04 Å². The fraction of sp³-hybridized carbons (Fsp3) is 0.250. The Bertz CT molecular complexity index is 632. The first-order valence-electron chi connectivity index (χ1n) is 5.58. The number of nitrogens with zero attached hydrogens (tertiary/aromatic N) is 2. The van der Waals surface area contributed by atoms with E-state index >= 15 is 0 Å². The summed E-state index contributed by atoms with van der Waals surface area (Å²) in [5.74, 6) is -0.703. The van der Waals surface area contributed by atoms with Gasteiger partial charge in [0.15, 0.2) is 0 Å². The maximum Gasteiger partial charge on any atom is 0.347 e. The summed E-state index contributed by atoms with van der Waals surface area (Å²) >= 11 is 0. The number of hydrogen-bond acceptors (Lipinski definition) is 7. The minimum Gasteiger partial charge on any atom is -0.463 e. The quantitative estimate of drug-likeness (QED) is 0.345. The Balaban J connectivity index is 2.86. The van der Waals surface area contributed by atoms with Crippen LogP contribution in [0, 0.1) is 11.3 Å². The number of esters is 1. The Labute approximate surface area is 116 Å². The fourth-order valence-corrected chi connectivity index (χ4v) is 2.20. The smallest absolute Gasteiger partial charge is 0.347 e. The van der Waals surface area contributed by atoms with Gasteiger partial charge in [0.05, 0.1) is 11.5 Å². The number of oxime groups is 1. The maximum atomic E-state index is 12.0. The van der Waals surface area contributed by atoms with Gasteiger partial charge in [-0.1, -0.05) is 23.4 Å². The van der Waals surface area contributed by atoms with Crippen molar-refractivity contribution in [2.24, 2.45) is 5.16 Å². The molecule has 0 spiro atoms. The summed E-state index contributed by atoms with van der Waals surface area (Å²) in [6, 6.07) is 8.75. The summed E-state index contributed by atoms with van der Waals surface area (Å²) in [6.07, 6.45) is 0. The van der Waals surface area contributed by atoms with Gasteiger partial charge in [-0.3, -0.25) is 0 Å². The molecule has 0 heterocycles. The van der Waals surface area contributed by atoms with E-state index in [-0.39, 0.29) is 11.5 Å². The van der Waals surface area contributed by atoms with Gasteiger partial charge in [-0.05, 0) is 19.1 Å². The monoisotopic (exact) mass is 296 g/mol. The minimum absolute atomic E-state index is 0.0833. The molecule has 0 aliphatic heterocycles. The van der Waals surface area contributed by atoms with Crippen LogP contribution in [0.4, 0.5) is 0 Å². The molecule has 1 aromatic rings. The van der Waals surface area contributed by atoms with E-state index in [0.717, 1.165) is 0 Å². The molecule has 0 saturated carbocycles. The second-order valence-corrected chi connectivity index (χ2v) is 5.27. The zero-order valence-corrected chi connectivity index (χ0v) is 11.5. The van der Waals surface area contributed by atoms with Crippen LogP contribution in [0.25, 0.3) is 0 Å². The minimum atomic E-state index is -4.05. The molecule has 0 fully saturated rings. The van der Waals surface area contributed by atoms with Crippen molar-refractivity contribution in [3.05, 3.63) is 30.3 Å². The molecule has 1 aromatic carbocycles. The molecule has 0 atom stereocenters. The van der Waals surface area contributed by atoms with Gasteiger partial charge >= 0.3 is 5.97 Å². The number of carbonyl (C=O) groups is 1. The van der Waals surface area contributed by atoms with Crippen LogP contribution in [-0.2, 0) is 24.2 Å². The van der Waals surface area contributed by atoms with Gasteiger partial charge in [-0.15, -0.1) is 0 Å². The molecule has 0 radical (unpaired) electrons. The number of benzene rings is 1. The van der Waals surface area contributed by atoms with Crippen molar-refractivity contribution in [3.8, 4) is 6.07 Å². The van der Waals surface area contributed by atoms with Crippen LogP contribution < -0.4 is 0 Å². The van der Waals surface area contributed by atoms with Crippen LogP contribution in [0.2, 0.25) is 0 Å². The average molecular weight is 296 g/mol. The second-order valence-electron chi connectivity index (χ2n) is 3.40. The Morgan fingerprint density at radius 3 is 2.55 bits per heavy atom. The first-order chi connectivity index (χ1) is 9.52. The standard InChI is InChI=1S/C12H12N2O5S/c1-2-18-12(15)9-19-14-11(8-13)20(16,17)10-6-4-3-5-7-10/h3-7H,2,9H2,1H3. The van der Waals surface area contributed by atoms with Crippen molar-refractivity contribution in [2.75, 3.05) is 13.2 Å². The molecule has 20 heavy (non-hydrogen) atoms. The van der Waals surface area contributed by atoms with E-state index in [1.165, 1.54) is 30.3 Å². The van der Waals surface area contributed by atoms with Gasteiger partial charge in [0, 0.05) is 0 Å². The van der Waals surface area contributed by atoms with E-state index in [2.05, 4.69) is 14.7 Å². The van der Waals surface area contributed by atoms with Gasteiger partial charge in [-0.2, -0.15) is 5.26 Å². The number of nitriles is 1. The third-order valence-electron chi connectivity index (χ3n) is 2.04. The van der Waals surface area contributed by atoms with E-state index in [1.807, 2.05) is 0 Å². The highest BCUT2D eigenvalue weighted by Gasteiger charge is 2.23. The van der Waals surface area contributed by atoms with E-state index in [4.69, 9.17) is 5.26 Å². The highest BCUT2D eigenvalue weighted by atomic mass is 32.2. The van der Waals surface area contributed by atoms with E-state index in [9.17, 15) is 13.2 Å². The van der Waals surface area contributed by atoms with E-state index in [1.54, 1.807) is 13.0 Å². The summed E-state index contributed by atoms with van der Waals surface area (Å²) in [7, 11) is -4.05. The maximum absolute atomic E-state index is 12.0. The lowest BCUT2D eigenvalue weighted by Gasteiger charge is -2.02.